The molecule has 0 aromatic carbocycles. The molecule has 12 unspecified atom stereocenters. The molecule has 19 heavy (non-hydrogen) atoms. The van der Waals surface area contributed by atoms with Crippen LogP contribution in [-0.4, -0.2) is 23.6 Å². The maximum Gasteiger partial charge on any atom is 0.0458 e. The lowest BCUT2D eigenvalue weighted by Gasteiger charge is -2.60. The van der Waals surface area contributed by atoms with Crippen molar-refractivity contribution in [2.45, 2.75) is 36.5 Å². The second-order valence-electron chi connectivity index (χ2n) is 7.31. The number of fused-ring (bicyclic) bond motifs is 4. The zero-order valence-corrected chi connectivity index (χ0v) is 18.1. The summed E-state index contributed by atoms with van der Waals surface area (Å²) in [5.41, 5.74) is 0. The molecular weight excluding hydrogens is 568 g/mol. The van der Waals surface area contributed by atoms with Crippen LogP contribution in [0.4, 0.5) is 0 Å². The fraction of sp³-hybridized carbons (Fsp3) is 1.00. The van der Waals surface area contributed by atoms with E-state index in [0.717, 1.165) is 51.1 Å². The van der Waals surface area contributed by atoms with Gasteiger partial charge in [-0.05, 0) is 54.3 Å². The zero-order valence-electron chi connectivity index (χ0n) is 10.2. The summed E-state index contributed by atoms with van der Waals surface area (Å²) in [7, 11) is 0. The molecule has 0 N–H and O–H groups in total. The van der Waals surface area contributed by atoms with Gasteiger partial charge in [0.2, 0.25) is 0 Å². The number of hydrogen-bond acceptors (Lipinski definition) is 0. The lowest BCUT2D eigenvalue weighted by Crippen LogP contribution is -2.64. The standard InChI is InChI=1S/C14H15Br5/c15-10-4-1-3-7(10)8-6-2-5(11(8)16)13(18)14(6,19)9(3)12(4)17/h3-13H,1-2H2. The zero-order chi connectivity index (χ0) is 13.3. The normalized spacial score (nSPS) is 75.9. The van der Waals surface area contributed by atoms with E-state index in [4.69, 9.17) is 0 Å². The predicted octanol–water partition coefficient (Wildman–Crippen LogP) is 5.34. The quantitative estimate of drug-likeness (QED) is 0.339. The Morgan fingerprint density at radius 3 is 2.05 bits per heavy atom. The Kier molecular flexibility index (Phi) is 2.96. The van der Waals surface area contributed by atoms with Crippen molar-refractivity contribution in [3.63, 3.8) is 0 Å². The van der Waals surface area contributed by atoms with Crippen molar-refractivity contribution in [2.24, 2.45) is 41.4 Å². The van der Waals surface area contributed by atoms with E-state index in [-0.39, 0.29) is 0 Å². The maximum atomic E-state index is 4.29. The van der Waals surface area contributed by atoms with Gasteiger partial charge in [0.05, 0.1) is 0 Å². The summed E-state index contributed by atoms with van der Waals surface area (Å²) in [5.74, 6) is 6.05. The van der Waals surface area contributed by atoms with Crippen LogP contribution in [0.1, 0.15) is 12.8 Å². The van der Waals surface area contributed by atoms with Gasteiger partial charge in [0.15, 0.2) is 0 Å². The van der Waals surface area contributed by atoms with E-state index in [9.17, 15) is 0 Å². The Balaban J connectivity index is 1.71. The van der Waals surface area contributed by atoms with Gasteiger partial charge in [0.1, 0.15) is 0 Å². The molecule has 0 saturated heterocycles. The first-order chi connectivity index (χ1) is 8.98. The lowest BCUT2D eigenvalue weighted by molar-refractivity contribution is 0.0313. The molecule has 4 bridgehead atoms. The van der Waals surface area contributed by atoms with Crippen LogP contribution in [0.5, 0.6) is 0 Å². The molecule has 12 atom stereocenters. The minimum absolute atomic E-state index is 0.351. The highest BCUT2D eigenvalue weighted by Gasteiger charge is 2.78. The van der Waals surface area contributed by atoms with Gasteiger partial charge in [-0.25, -0.2) is 0 Å². The fourth-order valence-electron chi connectivity index (χ4n) is 6.68. The molecular formula is C14H15Br5. The van der Waals surface area contributed by atoms with Crippen molar-refractivity contribution in [2.75, 3.05) is 0 Å². The molecule has 0 radical (unpaired) electrons. The maximum absolute atomic E-state index is 4.29. The van der Waals surface area contributed by atoms with Gasteiger partial charge in [-0.1, -0.05) is 79.6 Å². The summed E-state index contributed by atoms with van der Waals surface area (Å²) in [6, 6.07) is 0. The average molecular weight is 583 g/mol. The van der Waals surface area contributed by atoms with Gasteiger partial charge in [-0.3, -0.25) is 0 Å². The first-order valence-electron chi connectivity index (χ1n) is 7.23. The van der Waals surface area contributed by atoms with Gasteiger partial charge in [0.25, 0.3) is 0 Å². The van der Waals surface area contributed by atoms with Gasteiger partial charge in [-0.15, -0.1) is 0 Å². The summed E-state index contributed by atoms with van der Waals surface area (Å²) in [6.45, 7) is 0. The fourth-order valence-corrected chi connectivity index (χ4v) is 14.4. The summed E-state index contributed by atoms with van der Waals surface area (Å²) >= 11 is 20.6. The molecule has 0 amide bonds. The molecule has 106 valence electrons. The van der Waals surface area contributed by atoms with Gasteiger partial charge >= 0.3 is 0 Å². The third-order valence-corrected chi connectivity index (χ3v) is 14.6. The van der Waals surface area contributed by atoms with Crippen molar-refractivity contribution in [1.82, 2.24) is 0 Å². The van der Waals surface area contributed by atoms with E-state index in [1.165, 1.54) is 12.8 Å². The molecule has 5 rings (SSSR count). The van der Waals surface area contributed by atoms with E-state index in [0.29, 0.717) is 14.0 Å². The van der Waals surface area contributed by atoms with Crippen molar-refractivity contribution in [3.05, 3.63) is 0 Å². The molecule has 0 aliphatic heterocycles. The number of halogens is 5. The van der Waals surface area contributed by atoms with Crippen LogP contribution in [0.25, 0.3) is 0 Å². The molecule has 5 aliphatic rings. The molecule has 0 spiro atoms. The highest BCUT2D eigenvalue weighted by atomic mass is 79.9. The van der Waals surface area contributed by atoms with Crippen molar-refractivity contribution in [3.8, 4) is 0 Å². The third kappa shape index (κ3) is 1.32. The van der Waals surface area contributed by atoms with E-state index in [1.54, 1.807) is 0 Å². The van der Waals surface area contributed by atoms with Crippen LogP contribution in [0, 0.1) is 41.4 Å². The first-order valence-corrected chi connectivity index (χ1v) is 11.7. The summed E-state index contributed by atoms with van der Waals surface area (Å²) in [4.78, 5) is 2.82. The van der Waals surface area contributed by atoms with E-state index in [2.05, 4.69) is 79.6 Å². The largest absolute Gasteiger partial charge is 0.0884 e. The van der Waals surface area contributed by atoms with Gasteiger partial charge in [-0.2, -0.15) is 0 Å². The molecule has 0 heterocycles. The smallest absolute Gasteiger partial charge is 0.0458 e. The average Bonchev–Trinajstić information content (AvgIpc) is 3.03. The first kappa shape index (κ1) is 13.8. The van der Waals surface area contributed by atoms with Gasteiger partial charge in [0, 0.05) is 23.6 Å². The molecule has 5 fully saturated rings. The third-order valence-electron chi connectivity index (χ3n) is 7.12. The van der Waals surface area contributed by atoms with Crippen molar-refractivity contribution < 1.29 is 0 Å². The SMILES string of the molecule is BrC1C2CC3C1C1C(Br)C4CC1C(Br)(C4Br)C3C2Br. The highest BCUT2D eigenvalue weighted by Crippen LogP contribution is 2.78. The number of alkyl halides is 5. The van der Waals surface area contributed by atoms with E-state index >= 15 is 0 Å². The monoisotopic (exact) mass is 578 g/mol. The van der Waals surface area contributed by atoms with Crippen molar-refractivity contribution >= 4 is 79.6 Å². The minimum Gasteiger partial charge on any atom is -0.0884 e. The van der Waals surface area contributed by atoms with Crippen molar-refractivity contribution in [1.29, 1.82) is 0 Å². The lowest BCUT2D eigenvalue weighted by atomic mass is 9.55. The molecule has 5 aliphatic carbocycles. The highest BCUT2D eigenvalue weighted by molar-refractivity contribution is 9.13. The molecule has 0 aromatic heterocycles. The van der Waals surface area contributed by atoms with Crippen LogP contribution in [0.3, 0.4) is 0 Å². The minimum atomic E-state index is 0.351. The number of hydrogen-bond donors (Lipinski definition) is 0. The summed E-state index contributed by atoms with van der Waals surface area (Å²) in [5, 5.41) is 0. The van der Waals surface area contributed by atoms with Crippen LogP contribution in [-0.2, 0) is 0 Å². The van der Waals surface area contributed by atoms with Crippen LogP contribution < -0.4 is 0 Å². The molecule has 0 aromatic rings. The topological polar surface area (TPSA) is 0 Å². The molecule has 5 heteroatoms. The Morgan fingerprint density at radius 1 is 0.737 bits per heavy atom. The van der Waals surface area contributed by atoms with Crippen LogP contribution in [0.2, 0.25) is 0 Å². The predicted molar refractivity (Wildman–Crippen MR) is 96.2 cm³/mol. The second kappa shape index (κ2) is 4.08. The van der Waals surface area contributed by atoms with E-state index in [1.807, 2.05) is 0 Å². The Morgan fingerprint density at radius 2 is 1.42 bits per heavy atom. The Labute approximate surface area is 156 Å². The molecule has 5 saturated carbocycles. The second-order valence-corrected chi connectivity index (χ2v) is 12.8. The molecule has 0 nitrogen and oxygen atoms in total. The number of rotatable bonds is 0. The Hall–Kier alpha value is 2.40. The van der Waals surface area contributed by atoms with E-state index < -0.39 is 0 Å². The van der Waals surface area contributed by atoms with Gasteiger partial charge < -0.3 is 0 Å². The van der Waals surface area contributed by atoms with Crippen LogP contribution in [0.15, 0.2) is 0 Å². The Bertz CT molecular complexity index is 455. The van der Waals surface area contributed by atoms with Crippen LogP contribution >= 0.6 is 79.6 Å². The summed E-state index contributed by atoms with van der Waals surface area (Å²) < 4.78 is 0.351. The summed E-state index contributed by atoms with van der Waals surface area (Å²) in [6.07, 6.45) is 2.84.